The Bertz CT molecular complexity index is 558. The van der Waals surface area contributed by atoms with E-state index < -0.39 is 5.97 Å². The molecule has 0 saturated heterocycles. The zero-order chi connectivity index (χ0) is 13.8. The number of hydrogen-bond donors (Lipinski definition) is 2. The summed E-state index contributed by atoms with van der Waals surface area (Å²) < 4.78 is 0. The molecule has 2 N–H and O–H groups in total. The molecule has 2 aromatic rings. The molecule has 4 nitrogen and oxygen atoms in total. The first-order valence-corrected chi connectivity index (χ1v) is 6.69. The van der Waals surface area contributed by atoms with Crippen LogP contribution in [-0.2, 0) is 4.79 Å². The van der Waals surface area contributed by atoms with Crippen LogP contribution >= 0.6 is 0 Å². The fourth-order valence-electron chi connectivity index (χ4n) is 2.64. The lowest BCUT2D eigenvalue weighted by atomic mass is 10.0. The lowest BCUT2D eigenvalue weighted by Crippen LogP contribution is -2.30. The summed E-state index contributed by atoms with van der Waals surface area (Å²) >= 11 is 0. The molecule has 0 radical (unpaired) electrons. The molecule has 1 heterocycles. The third kappa shape index (κ3) is 2.79. The molecule has 0 bridgehead atoms. The maximum atomic E-state index is 11.1. The molecule has 0 spiro atoms. The monoisotopic (exact) mass is 260 g/mol. The number of carboxylic acid groups (broad SMARTS) is 1. The van der Waals surface area contributed by atoms with E-state index >= 15 is 0 Å². The average Bonchev–Trinajstić information content (AvgIpc) is 2.82. The van der Waals surface area contributed by atoms with E-state index in [0.717, 1.165) is 29.6 Å². The number of aromatic amines is 1. The molecule has 102 valence electrons. The summed E-state index contributed by atoms with van der Waals surface area (Å²) in [6.45, 7) is 5.81. The summed E-state index contributed by atoms with van der Waals surface area (Å²) in [5, 5.41) is 10.3. The maximum absolute atomic E-state index is 11.1. The minimum atomic E-state index is -0.762. The van der Waals surface area contributed by atoms with Gasteiger partial charge in [0.1, 0.15) is 0 Å². The number of rotatable bonds is 6. The summed E-state index contributed by atoms with van der Waals surface area (Å²) in [7, 11) is 0. The van der Waals surface area contributed by atoms with Crippen molar-refractivity contribution in [2.24, 2.45) is 0 Å². The first-order chi connectivity index (χ1) is 9.17. The van der Waals surface area contributed by atoms with Crippen molar-refractivity contribution < 1.29 is 9.90 Å². The van der Waals surface area contributed by atoms with Gasteiger partial charge < -0.3 is 10.1 Å². The molecule has 0 aliphatic carbocycles. The number of nitrogens with zero attached hydrogens (tertiary/aromatic N) is 1. The molecule has 0 saturated carbocycles. The highest BCUT2D eigenvalue weighted by Crippen LogP contribution is 2.30. The van der Waals surface area contributed by atoms with E-state index in [1.807, 2.05) is 30.5 Å². The normalized spacial score (nSPS) is 13.0. The van der Waals surface area contributed by atoms with Gasteiger partial charge >= 0.3 is 5.97 Å². The van der Waals surface area contributed by atoms with E-state index in [2.05, 4.69) is 23.7 Å². The average molecular weight is 260 g/mol. The Morgan fingerprint density at radius 2 is 2.00 bits per heavy atom. The zero-order valence-corrected chi connectivity index (χ0v) is 11.4. The van der Waals surface area contributed by atoms with Gasteiger partial charge in [-0.2, -0.15) is 0 Å². The second kappa shape index (κ2) is 5.89. The molecule has 1 aromatic carbocycles. The van der Waals surface area contributed by atoms with Gasteiger partial charge in [0.2, 0.25) is 0 Å². The van der Waals surface area contributed by atoms with Gasteiger partial charge in [-0.3, -0.25) is 9.69 Å². The minimum absolute atomic E-state index is 0.0800. The van der Waals surface area contributed by atoms with Gasteiger partial charge in [0.25, 0.3) is 0 Å². The topological polar surface area (TPSA) is 56.3 Å². The summed E-state index contributed by atoms with van der Waals surface area (Å²) in [5.41, 5.74) is 2.13. The van der Waals surface area contributed by atoms with Crippen LogP contribution in [0.25, 0.3) is 10.9 Å². The number of carboxylic acids is 1. The number of hydrogen-bond acceptors (Lipinski definition) is 2. The first-order valence-electron chi connectivity index (χ1n) is 6.69. The highest BCUT2D eigenvalue weighted by Gasteiger charge is 2.23. The molecule has 0 fully saturated rings. The van der Waals surface area contributed by atoms with Crippen LogP contribution < -0.4 is 0 Å². The minimum Gasteiger partial charge on any atom is -0.481 e. The van der Waals surface area contributed by atoms with Crippen molar-refractivity contribution >= 4 is 16.9 Å². The fourth-order valence-corrected chi connectivity index (χ4v) is 2.64. The van der Waals surface area contributed by atoms with E-state index in [0.29, 0.717) is 0 Å². The highest BCUT2D eigenvalue weighted by molar-refractivity contribution is 5.84. The van der Waals surface area contributed by atoms with Gasteiger partial charge in [0, 0.05) is 23.1 Å². The van der Waals surface area contributed by atoms with Crippen LogP contribution in [0.1, 0.15) is 31.9 Å². The second-order valence-corrected chi connectivity index (χ2v) is 4.62. The lowest BCUT2D eigenvalue weighted by Gasteiger charge is -2.28. The Kier molecular flexibility index (Phi) is 4.22. The number of benzene rings is 1. The predicted molar refractivity (Wildman–Crippen MR) is 76.2 cm³/mol. The number of aliphatic carboxylic acids is 1. The highest BCUT2D eigenvalue weighted by atomic mass is 16.4. The molecule has 4 heteroatoms. The standard InChI is InChI=1S/C15H20N2O2/c1-3-17(4-2)14(9-15(18)19)12-10-16-13-8-6-5-7-11(12)13/h5-8,10,14,16H,3-4,9H2,1-2H3,(H,18,19). The van der Waals surface area contributed by atoms with Crippen molar-refractivity contribution in [3.05, 3.63) is 36.0 Å². The second-order valence-electron chi connectivity index (χ2n) is 4.62. The van der Waals surface area contributed by atoms with Crippen molar-refractivity contribution in [2.75, 3.05) is 13.1 Å². The number of H-pyrrole nitrogens is 1. The van der Waals surface area contributed by atoms with Gasteiger partial charge in [-0.1, -0.05) is 32.0 Å². The molecular formula is C15H20N2O2. The van der Waals surface area contributed by atoms with Crippen molar-refractivity contribution in [1.82, 2.24) is 9.88 Å². The van der Waals surface area contributed by atoms with Gasteiger partial charge in [-0.15, -0.1) is 0 Å². The third-order valence-electron chi connectivity index (χ3n) is 3.60. The summed E-state index contributed by atoms with van der Waals surface area (Å²) in [6, 6.07) is 7.94. The molecule has 1 aromatic heterocycles. The van der Waals surface area contributed by atoms with Gasteiger partial charge in [0.15, 0.2) is 0 Å². The first kappa shape index (κ1) is 13.6. The largest absolute Gasteiger partial charge is 0.481 e. The quantitative estimate of drug-likeness (QED) is 0.839. The van der Waals surface area contributed by atoms with Gasteiger partial charge in [-0.25, -0.2) is 0 Å². The van der Waals surface area contributed by atoms with E-state index in [1.165, 1.54) is 0 Å². The van der Waals surface area contributed by atoms with Gasteiger partial charge in [0.05, 0.1) is 6.42 Å². The maximum Gasteiger partial charge on any atom is 0.305 e. The SMILES string of the molecule is CCN(CC)C(CC(=O)O)c1c[nH]c2ccccc12. The van der Waals surface area contributed by atoms with E-state index in [9.17, 15) is 4.79 Å². The van der Waals surface area contributed by atoms with Crippen LogP contribution in [0.5, 0.6) is 0 Å². The molecule has 1 unspecified atom stereocenters. The van der Waals surface area contributed by atoms with Crippen molar-refractivity contribution in [3.8, 4) is 0 Å². The van der Waals surface area contributed by atoms with Crippen molar-refractivity contribution in [2.45, 2.75) is 26.3 Å². The lowest BCUT2D eigenvalue weighted by molar-refractivity contribution is -0.138. The predicted octanol–water partition coefficient (Wildman–Crippen LogP) is 3.03. The van der Waals surface area contributed by atoms with Crippen LogP contribution in [0.15, 0.2) is 30.5 Å². The van der Waals surface area contributed by atoms with Crippen LogP contribution in [0.3, 0.4) is 0 Å². The third-order valence-corrected chi connectivity index (χ3v) is 3.60. The molecule has 0 amide bonds. The summed E-state index contributed by atoms with van der Waals surface area (Å²) in [6.07, 6.45) is 2.07. The van der Waals surface area contributed by atoms with Crippen LogP contribution in [0.4, 0.5) is 0 Å². The molecule has 2 rings (SSSR count). The van der Waals surface area contributed by atoms with Crippen LogP contribution in [0, 0.1) is 0 Å². The Morgan fingerprint density at radius 3 is 2.63 bits per heavy atom. The van der Waals surface area contributed by atoms with Crippen molar-refractivity contribution in [1.29, 1.82) is 0 Å². The zero-order valence-electron chi connectivity index (χ0n) is 11.4. The fraction of sp³-hybridized carbons (Fsp3) is 0.400. The van der Waals surface area contributed by atoms with E-state index in [1.54, 1.807) is 0 Å². The smallest absolute Gasteiger partial charge is 0.305 e. The Morgan fingerprint density at radius 1 is 1.32 bits per heavy atom. The Balaban J connectivity index is 2.44. The molecule has 0 aliphatic rings. The van der Waals surface area contributed by atoms with Crippen LogP contribution in [-0.4, -0.2) is 34.0 Å². The molecule has 0 aliphatic heterocycles. The molecular weight excluding hydrogens is 240 g/mol. The number of para-hydroxylation sites is 1. The van der Waals surface area contributed by atoms with Gasteiger partial charge in [-0.05, 0) is 24.7 Å². The summed E-state index contributed by atoms with van der Waals surface area (Å²) in [4.78, 5) is 16.6. The number of fused-ring (bicyclic) bond motifs is 1. The van der Waals surface area contributed by atoms with E-state index in [-0.39, 0.29) is 12.5 Å². The molecule has 1 atom stereocenters. The number of nitrogens with one attached hydrogen (secondary N) is 1. The van der Waals surface area contributed by atoms with Crippen LogP contribution in [0.2, 0.25) is 0 Å². The van der Waals surface area contributed by atoms with Crippen molar-refractivity contribution in [3.63, 3.8) is 0 Å². The molecule has 19 heavy (non-hydrogen) atoms. The number of aromatic nitrogens is 1. The van der Waals surface area contributed by atoms with E-state index in [4.69, 9.17) is 5.11 Å². The Hall–Kier alpha value is -1.81. The summed E-state index contributed by atoms with van der Waals surface area (Å²) in [5.74, 6) is -0.762. The number of carbonyl (C=O) groups is 1. The Labute approximate surface area is 113 Å².